The van der Waals surface area contributed by atoms with Crippen molar-refractivity contribution in [3.05, 3.63) is 27.0 Å². The van der Waals surface area contributed by atoms with Crippen molar-refractivity contribution in [2.75, 3.05) is 7.11 Å². The molecule has 21 heavy (non-hydrogen) atoms. The number of hydrogen-bond acceptors (Lipinski definition) is 4. The minimum Gasteiger partial charge on any atom is -0.467 e. The molecule has 1 atom stereocenters. The van der Waals surface area contributed by atoms with E-state index in [0.29, 0.717) is 27.0 Å². The van der Waals surface area contributed by atoms with Gasteiger partial charge in [0.05, 0.1) is 17.7 Å². The highest BCUT2D eigenvalue weighted by molar-refractivity contribution is 6.36. The molecule has 0 radical (unpaired) electrons. The van der Waals surface area contributed by atoms with Crippen LogP contribution < -0.4 is 0 Å². The number of hydrogen-bond donors (Lipinski definition) is 0. The molecule has 1 saturated carbocycles. The maximum Gasteiger partial charge on any atom is 0.339 e. The lowest BCUT2D eigenvalue weighted by Crippen LogP contribution is -2.40. The highest BCUT2D eigenvalue weighted by atomic mass is 35.5. The molecule has 0 aromatic carbocycles. The maximum absolute atomic E-state index is 12.2. The van der Waals surface area contributed by atoms with Crippen LogP contribution in [0.2, 0.25) is 10.2 Å². The number of ether oxygens (including phenoxy) is 2. The predicted octanol–water partition coefficient (Wildman–Crippen LogP) is 4.18. The van der Waals surface area contributed by atoms with Crippen molar-refractivity contribution in [3.8, 4) is 0 Å². The van der Waals surface area contributed by atoms with Crippen molar-refractivity contribution in [1.29, 1.82) is 0 Å². The van der Waals surface area contributed by atoms with E-state index in [2.05, 4.69) is 4.98 Å². The molecule has 6 heteroatoms. The van der Waals surface area contributed by atoms with E-state index >= 15 is 0 Å². The average Bonchev–Trinajstić information content (AvgIpc) is 2.41. The third-order valence-electron chi connectivity index (χ3n) is 4.02. The molecule has 0 bridgehead atoms. The Balaban J connectivity index is 2.46. The summed E-state index contributed by atoms with van der Waals surface area (Å²) in [5.41, 5.74) is 1.44. The monoisotopic (exact) mass is 331 g/mol. The van der Waals surface area contributed by atoms with Gasteiger partial charge in [0.2, 0.25) is 0 Å². The van der Waals surface area contributed by atoms with Crippen LogP contribution in [-0.4, -0.2) is 23.7 Å². The fourth-order valence-electron chi connectivity index (χ4n) is 2.46. The van der Waals surface area contributed by atoms with E-state index < -0.39 is 12.1 Å². The smallest absolute Gasteiger partial charge is 0.339 e. The standard InChI is InChI=1S/C15H19Cl2NO3/c1-8-11(16)10(9(2)18-13(8)17)12(14(19)20-4)21-15(3)6-5-7-15/h12H,5-7H2,1-4H3/t12-/m0/s1. The van der Waals surface area contributed by atoms with Crippen LogP contribution in [0.15, 0.2) is 0 Å². The van der Waals surface area contributed by atoms with Crippen LogP contribution in [0.1, 0.15) is 49.1 Å². The van der Waals surface area contributed by atoms with Gasteiger partial charge in [-0.3, -0.25) is 0 Å². The topological polar surface area (TPSA) is 48.4 Å². The Morgan fingerprint density at radius 1 is 1.33 bits per heavy atom. The molecule has 0 saturated heterocycles. The summed E-state index contributed by atoms with van der Waals surface area (Å²) in [6.45, 7) is 5.51. The van der Waals surface area contributed by atoms with E-state index in [1.807, 2.05) is 6.92 Å². The quantitative estimate of drug-likeness (QED) is 0.613. The lowest BCUT2D eigenvalue weighted by atomic mass is 9.81. The molecule has 1 aliphatic carbocycles. The molecule has 2 rings (SSSR count). The predicted molar refractivity (Wildman–Crippen MR) is 81.8 cm³/mol. The molecule has 1 aromatic rings. The summed E-state index contributed by atoms with van der Waals surface area (Å²) < 4.78 is 10.9. The first-order chi connectivity index (χ1) is 9.79. The molecular formula is C15H19Cl2NO3. The van der Waals surface area contributed by atoms with Gasteiger partial charge in [0, 0.05) is 16.8 Å². The Kier molecular flexibility index (Phi) is 4.81. The van der Waals surface area contributed by atoms with Gasteiger partial charge in [-0.05, 0) is 40.0 Å². The molecule has 0 aliphatic heterocycles. The van der Waals surface area contributed by atoms with Crippen molar-refractivity contribution in [2.45, 2.75) is 51.7 Å². The normalized spacial score (nSPS) is 18.0. The third kappa shape index (κ3) is 3.17. The fraction of sp³-hybridized carbons (Fsp3) is 0.600. The minimum absolute atomic E-state index is 0.317. The second-order valence-electron chi connectivity index (χ2n) is 5.67. The van der Waals surface area contributed by atoms with Crippen LogP contribution in [0.25, 0.3) is 0 Å². The zero-order valence-electron chi connectivity index (χ0n) is 12.6. The zero-order valence-corrected chi connectivity index (χ0v) is 14.1. The number of halogens is 2. The molecule has 1 heterocycles. The van der Waals surface area contributed by atoms with Gasteiger partial charge in [0.15, 0.2) is 6.10 Å². The number of rotatable bonds is 4. The summed E-state index contributed by atoms with van der Waals surface area (Å²) in [5, 5.41) is 0.741. The van der Waals surface area contributed by atoms with Gasteiger partial charge in [-0.2, -0.15) is 0 Å². The Labute approximate surface area is 134 Å². The first kappa shape index (κ1) is 16.5. The Morgan fingerprint density at radius 3 is 2.43 bits per heavy atom. The number of aryl methyl sites for hydroxylation is 1. The second kappa shape index (κ2) is 6.11. The Morgan fingerprint density at radius 2 is 1.95 bits per heavy atom. The average molecular weight is 332 g/mol. The summed E-state index contributed by atoms with van der Waals surface area (Å²) in [4.78, 5) is 16.4. The minimum atomic E-state index is -0.878. The maximum atomic E-state index is 12.2. The Bertz CT molecular complexity index is 571. The van der Waals surface area contributed by atoms with E-state index in [-0.39, 0.29) is 5.60 Å². The molecule has 4 nitrogen and oxygen atoms in total. The second-order valence-corrected chi connectivity index (χ2v) is 6.40. The summed E-state index contributed by atoms with van der Waals surface area (Å²) >= 11 is 12.4. The third-order valence-corrected chi connectivity index (χ3v) is 4.88. The largest absolute Gasteiger partial charge is 0.467 e. The molecule has 0 N–H and O–H groups in total. The molecular weight excluding hydrogens is 313 g/mol. The Hall–Kier alpha value is -0.840. The SMILES string of the molecule is COC(=O)[C@@H](OC1(C)CCC1)c1c(C)nc(Cl)c(C)c1Cl. The van der Waals surface area contributed by atoms with Gasteiger partial charge < -0.3 is 9.47 Å². The van der Waals surface area contributed by atoms with Crippen molar-refractivity contribution in [2.24, 2.45) is 0 Å². The van der Waals surface area contributed by atoms with Crippen molar-refractivity contribution in [1.82, 2.24) is 4.98 Å². The van der Waals surface area contributed by atoms with Crippen LogP contribution in [0.4, 0.5) is 0 Å². The number of carbonyl (C=O) groups excluding carboxylic acids is 1. The lowest BCUT2D eigenvalue weighted by molar-refractivity contribution is -0.177. The van der Waals surface area contributed by atoms with Crippen LogP contribution in [0.5, 0.6) is 0 Å². The van der Waals surface area contributed by atoms with Crippen molar-refractivity contribution >= 4 is 29.2 Å². The first-order valence-electron chi connectivity index (χ1n) is 6.87. The summed E-state index contributed by atoms with van der Waals surface area (Å²) in [5.74, 6) is -0.475. The number of aromatic nitrogens is 1. The van der Waals surface area contributed by atoms with Crippen LogP contribution in [-0.2, 0) is 14.3 Å². The highest BCUT2D eigenvalue weighted by Crippen LogP contribution is 2.42. The molecule has 1 fully saturated rings. The molecule has 0 unspecified atom stereocenters. The van der Waals surface area contributed by atoms with E-state index in [0.717, 1.165) is 19.3 Å². The number of methoxy groups -OCH3 is 1. The van der Waals surface area contributed by atoms with E-state index in [4.69, 9.17) is 32.7 Å². The van der Waals surface area contributed by atoms with Crippen LogP contribution in [0, 0.1) is 13.8 Å². The zero-order chi connectivity index (χ0) is 15.8. The lowest BCUT2D eigenvalue weighted by Gasteiger charge is -2.40. The van der Waals surface area contributed by atoms with Crippen molar-refractivity contribution in [3.63, 3.8) is 0 Å². The number of pyridine rings is 1. The van der Waals surface area contributed by atoms with Gasteiger partial charge in [-0.1, -0.05) is 23.2 Å². The number of carbonyl (C=O) groups is 1. The van der Waals surface area contributed by atoms with E-state index in [1.165, 1.54) is 7.11 Å². The van der Waals surface area contributed by atoms with Gasteiger partial charge in [-0.15, -0.1) is 0 Å². The summed E-state index contributed by atoms with van der Waals surface area (Å²) in [7, 11) is 1.33. The van der Waals surface area contributed by atoms with Gasteiger partial charge in [0.1, 0.15) is 5.15 Å². The van der Waals surface area contributed by atoms with E-state index in [9.17, 15) is 4.79 Å². The number of nitrogens with zero attached hydrogens (tertiary/aromatic N) is 1. The molecule has 1 aliphatic rings. The molecule has 1 aromatic heterocycles. The van der Waals surface area contributed by atoms with E-state index in [1.54, 1.807) is 13.8 Å². The number of esters is 1. The van der Waals surface area contributed by atoms with Gasteiger partial charge >= 0.3 is 5.97 Å². The van der Waals surface area contributed by atoms with Gasteiger partial charge in [-0.25, -0.2) is 9.78 Å². The first-order valence-corrected chi connectivity index (χ1v) is 7.62. The van der Waals surface area contributed by atoms with Crippen molar-refractivity contribution < 1.29 is 14.3 Å². The molecule has 116 valence electrons. The van der Waals surface area contributed by atoms with Gasteiger partial charge in [0.25, 0.3) is 0 Å². The highest BCUT2D eigenvalue weighted by Gasteiger charge is 2.40. The summed E-state index contributed by atoms with van der Waals surface area (Å²) in [6, 6.07) is 0. The fourth-order valence-corrected chi connectivity index (χ4v) is 3.05. The summed E-state index contributed by atoms with van der Waals surface area (Å²) in [6.07, 6.45) is 2.04. The van der Waals surface area contributed by atoms with Crippen LogP contribution in [0.3, 0.4) is 0 Å². The molecule has 0 amide bonds. The molecule has 0 spiro atoms. The van der Waals surface area contributed by atoms with Crippen LogP contribution >= 0.6 is 23.2 Å².